The van der Waals surface area contributed by atoms with E-state index in [4.69, 9.17) is 21.1 Å². The first-order valence-electron chi connectivity index (χ1n) is 9.33. The van der Waals surface area contributed by atoms with Crippen LogP contribution in [0.3, 0.4) is 0 Å². The first-order valence-corrected chi connectivity index (χ1v) is 10.5. The second-order valence-electron chi connectivity index (χ2n) is 6.55. The molecule has 0 aliphatic heterocycles. The van der Waals surface area contributed by atoms with Gasteiger partial charge in [-0.1, -0.05) is 29.8 Å². The molecule has 0 saturated carbocycles. The van der Waals surface area contributed by atoms with Gasteiger partial charge in [-0.25, -0.2) is 4.39 Å². The second-order valence-corrected chi connectivity index (χ2v) is 7.81. The summed E-state index contributed by atoms with van der Waals surface area (Å²) in [7, 11) is 1.55. The van der Waals surface area contributed by atoms with Crippen LogP contribution in [0.25, 0.3) is 6.08 Å². The highest BCUT2D eigenvalue weighted by atomic mass is 79.9. The fraction of sp³-hybridized carbons (Fsp3) is 0.0833. The molecule has 0 bridgehead atoms. The molecule has 3 rings (SSSR count). The van der Waals surface area contributed by atoms with E-state index in [0.717, 1.165) is 0 Å². The van der Waals surface area contributed by atoms with Gasteiger partial charge in [0.1, 0.15) is 29.8 Å². The minimum absolute atomic E-state index is 0.00606. The van der Waals surface area contributed by atoms with Crippen LogP contribution in [-0.2, 0) is 11.4 Å². The molecule has 0 aliphatic rings. The van der Waals surface area contributed by atoms with Gasteiger partial charge in [-0.3, -0.25) is 4.79 Å². The minimum Gasteiger partial charge on any atom is -0.497 e. The lowest BCUT2D eigenvalue weighted by Crippen LogP contribution is -2.13. The molecular formula is C24H17BrClFN2O3. The lowest BCUT2D eigenvalue weighted by atomic mass is 10.1. The maximum absolute atomic E-state index is 13.8. The van der Waals surface area contributed by atoms with Crippen LogP contribution in [0, 0.1) is 17.1 Å². The van der Waals surface area contributed by atoms with Crippen molar-refractivity contribution in [2.45, 2.75) is 6.61 Å². The predicted octanol–water partition coefficient (Wildman–Crippen LogP) is 6.37. The summed E-state index contributed by atoms with van der Waals surface area (Å²) in [6, 6.07) is 18.1. The SMILES string of the molecule is COc1ccc(NC(=O)/C(C#N)=C\c2cc(Cl)c(OCc3ccccc3F)c(Br)c2)cc1. The molecule has 3 aromatic rings. The molecule has 0 fully saturated rings. The van der Waals surface area contributed by atoms with E-state index in [9.17, 15) is 14.4 Å². The summed E-state index contributed by atoms with van der Waals surface area (Å²) in [5, 5.41) is 12.3. The quantitative estimate of drug-likeness (QED) is 0.293. The Hall–Kier alpha value is -3.34. The Morgan fingerprint density at radius 2 is 1.94 bits per heavy atom. The van der Waals surface area contributed by atoms with Crippen LogP contribution in [0.4, 0.5) is 10.1 Å². The zero-order chi connectivity index (χ0) is 23.1. The van der Waals surface area contributed by atoms with Gasteiger partial charge in [0.2, 0.25) is 0 Å². The highest BCUT2D eigenvalue weighted by Gasteiger charge is 2.14. The van der Waals surface area contributed by atoms with Crippen molar-refractivity contribution in [2.75, 3.05) is 12.4 Å². The predicted molar refractivity (Wildman–Crippen MR) is 125 cm³/mol. The van der Waals surface area contributed by atoms with Crippen LogP contribution in [0.15, 0.2) is 70.7 Å². The van der Waals surface area contributed by atoms with E-state index in [1.54, 1.807) is 61.7 Å². The van der Waals surface area contributed by atoms with Crippen molar-refractivity contribution in [3.63, 3.8) is 0 Å². The third-order valence-corrected chi connectivity index (χ3v) is 5.24. The van der Waals surface area contributed by atoms with Gasteiger partial charge in [-0.15, -0.1) is 0 Å². The van der Waals surface area contributed by atoms with Crippen LogP contribution in [0.5, 0.6) is 11.5 Å². The Morgan fingerprint density at radius 3 is 2.56 bits per heavy atom. The maximum atomic E-state index is 13.8. The third kappa shape index (κ3) is 5.88. The molecule has 0 saturated heterocycles. The monoisotopic (exact) mass is 514 g/mol. The number of carbonyl (C=O) groups excluding carboxylic acids is 1. The number of carbonyl (C=O) groups is 1. The third-order valence-electron chi connectivity index (χ3n) is 4.37. The van der Waals surface area contributed by atoms with Crippen LogP contribution >= 0.6 is 27.5 Å². The molecule has 0 spiro atoms. The van der Waals surface area contributed by atoms with E-state index in [2.05, 4.69) is 21.2 Å². The van der Waals surface area contributed by atoms with Crippen molar-refractivity contribution in [2.24, 2.45) is 0 Å². The number of nitriles is 1. The number of ether oxygens (including phenoxy) is 2. The van der Waals surface area contributed by atoms with Crippen molar-refractivity contribution in [3.8, 4) is 17.6 Å². The number of anilines is 1. The minimum atomic E-state index is -0.565. The molecule has 1 N–H and O–H groups in total. The van der Waals surface area contributed by atoms with E-state index in [1.807, 2.05) is 6.07 Å². The van der Waals surface area contributed by atoms with Crippen LogP contribution in [0.1, 0.15) is 11.1 Å². The smallest absolute Gasteiger partial charge is 0.266 e. The first kappa shape index (κ1) is 23.3. The number of halogens is 3. The number of nitrogens with one attached hydrogen (secondary N) is 1. The van der Waals surface area contributed by atoms with E-state index in [0.29, 0.717) is 32.8 Å². The number of hydrogen-bond acceptors (Lipinski definition) is 4. The normalized spacial score (nSPS) is 10.9. The average molecular weight is 516 g/mol. The van der Waals surface area contributed by atoms with Crippen molar-refractivity contribution < 1.29 is 18.7 Å². The molecule has 1 amide bonds. The van der Waals surface area contributed by atoms with Crippen LogP contribution in [0.2, 0.25) is 5.02 Å². The van der Waals surface area contributed by atoms with E-state index in [-0.39, 0.29) is 23.0 Å². The largest absolute Gasteiger partial charge is 0.497 e. The summed E-state index contributed by atoms with van der Waals surface area (Å²) in [4.78, 5) is 12.5. The molecule has 0 aliphatic carbocycles. The summed E-state index contributed by atoms with van der Waals surface area (Å²) in [5.41, 5.74) is 1.32. The van der Waals surface area contributed by atoms with Gasteiger partial charge in [0, 0.05) is 11.3 Å². The van der Waals surface area contributed by atoms with Crippen molar-refractivity contribution >= 4 is 45.2 Å². The lowest BCUT2D eigenvalue weighted by Gasteiger charge is -2.12. The molecule has 32 heavy (non-hydrogen) atoms. The van der Waals surface area contributed by atoms with E-state index >= 15 is 0 Å². The average Bonchev–Trinajstić information content (AvgIpc) is 2.78. The zero-order valence-corrected chi connectivity index (χ0v) is 19.2. The van der Waals surface area contributed by atoms with Crippen LogP contribution < -0.4 is 14.8 Å². The van der Waals surface area contributed by atoms with E-state index in [1.165, 1.54) is 12.1 Å². The second kappa shape index (κ2) is 10.8. The highest BCUT2D eigenvalue weighted by Crippen LogP contribution is 2.36. The molecule has 162 valence electrons. The van der Waals surface area contributed by atoms with Crippen LogP contribution in [-0.4, -0.2) is 13.0 Å². The molecular weight excluding hydrogens is 499 g/mol. The van der Waals surface area contributed by atoms with Crippen molar-refractivity contribution in [3.05, 3.63) is 92.7 Å². The van der Waals surface area contributed by atoms with Gasteiger partial charge in [-0.2, -0.15) is 5.26 Å². The molecule has 8 heteroatoms. The van der Waals surface area contributed by atoms with Gasteiger partial charge in [-0.05, 0) is 70.0 Å². The number of methoxy groups -OCH3 is 1. The first-order chi connectivity index (χ1) is 15.4. The number of amides is 1. The van der Waals surface area contributed by atoms with Crippen molar-refractivity contribution in [1.82, 2.24) is 0 Å². The van der Waals surface area contributed by atoms with Gasteiger partial charge < -0.3 is 14.8 Å². The summed E-state index contributed by atoms with van der Waals surface area (Å²) in [6.45, 7) is -0.00606. The molecule has 3 aromatic carbocycles. The maximum Gasteiger partial charge on any atom is 0.266 e. The molecule has 0 atom stereocenters. The molecule has 0 heterocycles. The number of nitrogens with zero attached hydrogens (tertiary/aromatic N) is 1. The summed E-state index contributed by atoms with van der Waals surface area (Å²) in [5.74, 6) is 0.0368. The molecule has 0 unspecified atom stereocenters. The molecule has 5 nitrogen and oxygen atoms in total. The number of rotatable bonds is 7. The summed E-state index contributed by atoms with van der Waals surface area (Å²) < 4.78 is 25.1. The Balaban J connectivity index is 1.76. The lowest BCUT2D eigenvalue weighted by molar-refractivity contribution is -0.112. The van der Waals surface area contributed by atoms with Gasteiger partial charge in [0.25, 0.3) is 5.91 Å². The Bertz CT molecular complexity index is 1180. The Kier molecular flexibility index (Phi) is 7.87. The van der Waals surface area contributed by atoms with Gasteiger partial charge in [0.05, 0.1) is 16.6 Å². The molecule has 0 aromatic heterocycles. The van der Waals surface area contributed by atoms with Gasteiger partial charge >= 0.3 is 0 Å². The fourth-order valence-electron chi connectivity index (χ4n) is 2.75. The topological polar surface area (TPSA) is 71.3 Å². The number of hydrogen-bond donors (Lipinski definition) is 1. The Morgan fingerprint density at radius 1 is 1.22 bits per heavy atom. The fourth-order valence-corrected chi connectivity index (χ4v) is 3.74. The number of benzene rings is 3. The van der Waals surface area contributed by atoms with Crippen molar-refractivity contribution in [1.29, 1.82) is 5.26 Å². The molecule has 0 radical (unpaired) electrons. The summed E-state index contributed by atoms with van der Waals surface area (Å²) in [6.07, 6.45) is 1.41. The summed E-state index contributed by atoms with van der Waals surface area (Å²) >= 11 is 9.71. The van der Waals surface area contributed by atoms with Gasteiger partial charge in [0.15, 0.2) is 5.75 Å². The standard InChI is InChI=1S/C24H17BrClFN2O3/c1-31-19-8-6-18(7-9-19)29-24(30)17(13-28)10-15-11-20(25)23(21(26)12-15)32-14-16-4-2-3-5-22(16)27/h2-12H,14H2,1H3,(H,29,30)/b17-10-. The zero-order valence-electron chi connectivity index (χ0n) is 16.9. The van der Waals surface area contributed by atoms with E-state index < -0.39 is 5.91 Å². The Labute approximate surface area is 198 Å². The highest BCUT2D eigenvalue weighted by molar-refractivity contribution is 9.10.